The monoisotopic (exact) mass is 206 g/mol. The topological polar surface area (TPSA) is 75.3 Å². The average molecular weight is 206 g/mol. The van der Waals surface area contributed by atoms with E-state index in [-0.39, 0.29) is 5.92 Å². The maximum Gasteiger partial charge on any atom is 0.233 e. The Hall–Kier alpha value is -0.620. The fourth-order valence-electron chi connectivity index (χ4n) is 1.40. The number of sulfonamides is 1. The van der Waals surface area contributed by atoms with Gasteiger partial charge in [-0.3, -0.25) is 9.52 Å². The predicted octanol–water partition coefficient (Wildman–Crippen LogP) is -0.938. The number of nitrogens with one attached hydrogen (secondary N) is 2. The van der Waals surface area contributed by atoms with E-state index in [1.54, 1.807) is 0 Å². The Morgan fingerprint density at radius 2 is 2.31 bits per heavy atom. The molecule has 0 saturated carbocycles. The van der Waals surface area contributed by atoms with Crippen molar-refractivity contribution in [1.29, 1.82) is 0 Å². The minimum atomic E-state index is -3.38. The van der Waals surface area contributed by atoms with Crippen molar-refractivity contribution >= 4 is 15.9 Å². The Morgan fingerprint density at radius 1 is 1.62 bits per heavy atom. The van der Waals surface area contributed by atoms with Crippen LogP contribution in [-0.2, 0) is 14.8 Å². The quantitative estimate of drug-likeness (QED) is 0.625. The molecule has 1 unspecified atom stereocenters. The molecule has 0 aromatic rings. The van der Waals surface area contributed by atoms with Gasteiger partial charge in [-0.15, -0.1) is 0 Å². The molecular formula is C7H14N2O3S. The number of carbonyl (C=O) groups excluding carboxylic acids is 1. The Kier molecular flexibility index (Phi) is 3.27. The summed E-state index contributed by atoms with van der Waals surface area (Å²) < 4.78 is 23.3. The van der Waals surface area contributed by atoms with Crippen LogP contribution in [0.1, 0.15) is 12.8 Å². The van der Waals surface area contributed by atoms with Crippen molar-refractivity contribution in [1.82, 2.24) is 10.0 Å². The zero-order valence-electron chi connectivity index (χ0n) is 7.54. The van der Waals surface area contributed by atoms with Gasteiger partial charge in [0.25, 0.3) is 0 Å². The van der Waals surface area contributed by atoms with Gasteiger partial charge in [0.15, 0.2) is 0 Å². The van der Waals surface area contributed by atoms with E-state index in [2.05, 4.69) is 5.32 Å². The summed E-state index contributed by atoms with van der Waals surface area (Å²) in [6, 6.07) is 0. The summed E-state index contributed by atoms with van der Waals surface area (Å²) in [5.41, 5.74) is 0. The highest BCUT2D eigenvalue weighted by Gasteiger charge is 2.19. The molecule has 0 aromatic heterocycles. The van der Waals surface area contributed by atoms with Gasteiger partial charge >= 0.3 is 0 Å². The second-order valence-electron chi connectivity index (χ2n) is 3.36. The van der Waals surface area contributed by atoms with E-state index >= 15 is 0 Å². The summed E-state index contributed by atoms with van der Waals surface area (Å²) in [5, 5.41) is 3.11. The summed E-state index contributed by atoms with van der Waals surface area (Å²) >= 11 is 0. The van der Waals surface area contributed by atoms with E-state index in [0.717, 1.165) is 25.8 Å². The van der Waals surface area contributed by atoms with Crippen LogP contribution in [0.25, 0.3) is 0 Å². The van der Waals surface area contributed by atoms with Crippen molar-refractivity contribution < 1.29 is 13.2 Å². The van der Waals surface area contributed by atoms with Gasteiger partial charge in [-0.25, -0.2) is 8.42 Å². The molecule has 1 atom stereocenters. The molecule has 1 fully saturated rings. The van der Waals surface area contributed by atoms with Crippen LogP contribution < -0.4 is 10.0 Å². The molecule has 13 heavy (non-hydrogen) atoms. The second-order valence-corrected chi connectivity index (χ2v) is 5.11. The number of amides is 1. The highest BCUT2D eigenvalue weighted by atomic mass is 32.2. The van der Waals surface area contributed by atoms with Crippen LogP contribution in [0.4, 0.5) is 0 Å². The zero-order chi connectivity index (χ0) is 9.90. The van der Waals surface area contributed by atoms with Crippen LogP contribution in [-0.4, -0.2) is 33.7 Å². The van der Waals surface area contributed by atoms with Crippen LogP contribution in [0.3, 0.4) is 0 Å². The summed E-state index contributed by atoms with van der Waals surface area (Å²) in [6.45, 7) is 1.72. The lowest BCUT2D eigenvalue weighted by atomic mass is 10.1. The lowest BCUT2D eigenvalue weighted by Crippen LogP contribution is -2.31. The fourth-order valence-corrected chi connectivity index (χ4v) is 1.90. The Labute approximate surface area is 77.9 Å². The fraction of sp³-hybridized carbons (Fsp3) is 0.857. The SMILES string of the molecule is CS(=O)(=O)NC(=O)CC1CCNC1. The summed E-state index contributed by atoms with van der Waals surface area (Å²) in [4.78, 5) is 11.1. The highest BCUT2D eigenvalue weighted by Crippen LogP contribution is 2.11. The van der Waals surface area contributed by atoms with E-state index < -0.39 is 15.9 Å². The van der Waals surface area contributed by atoms with Gasteiger partial charge in [0.2, 0.25) is 15.9 Å². The van der Waals surface area contributed by atoms with Crippen molar-refractivity contribution in [2.45, 2.75) is 12.8 Å². The lowest BCUT2D eigenvalue weighted by molar-refractivity contribution is -0.120. The maximum absolute atomic E-state index is 11.1. The first-order chi connectivity index (χ1) is 5.97. The molecule has 5 nitrogen and oxygen atoms in total. The first kappa shape index (κ1) is 10.5. The predicted molar refractivity (Wildman–Crippen MR) is 48.6 cm³/mol. The molecule has 2 N–H and O–H groups in total. The van der Waals surface area contributed by atoms with E-state index in [9.17, 15) is 13.2 Å². The molecule has 1 aliphatic rings. The van der Waals surface area contributed by atoms with E-state index in [4.69, 9.17) is 0 Å². The van der Waals surface area contributed by atoms with Gasteiger partial charge in [0.1, 0.15) is 0 Å². The van der Waals surface area contributed by atoms with E-state index in [1.165, 1.54) is 0 Å². The molecule has 0 spiro atoms. The molecular weight excluding hydrogens is 192 g/mol. The molecule has 1 aliphatic heterocycles. The average Bonchev–Trinajstić information content (AvgIpc) is 2.34. The van der Waals surface area contributed by atoms with Gasteiger partial charge in [-0.1, -0.05) is 0 Å². The van der Waals surface area contributed by atoms with Crippen LogP contribution in [0.2, 0.25) is 0 Å². The number of hydrogen-bond acceptors (Lipinski definition) is 4. The standard InChI is InChI=1S/C7H14N2O3S/c1-13(11,12)9-7(10)4-6-2-3-8-5-6/h6,8H,2-5H2,1H3,(H,9,10). The Morgan fingerprint density at radius 3 is 2.77 bits per heavy atom. The van der Waals surface area contributed by atoms with E-state index in [1.807, 2.05) is 4.72 Å². The molecule has 0 aromatic carbocycles. The minimum absolute atomic E-state index is 0.279. The molecule has 1 heterocycles. The largest absolute Gasteiger partial charge is 0.316 e. The van der Waals surface area contributed by atoms with Crippen molar-refractivity contribution in [3.8, 4) is 0 Å². The molecule has 0 bridgehead atoms. The maximum atomic E-state index is 11.1. The van der Waals surface area contributed by atoms with Gasteiger partial charge in [-0.05, 0) is 25.4 Å². The van der Waals surface area contributed by atoms with Gasteiger partial charge < -0.3 is 5.32 Å². The van der Waals surface area contributed by atoms with Gasteiger partial charge in [0.05, 0.1) is 6.26 Å². The van der Waals surface area contributed by atoms with Crippen LogP contribution >= 0.6 is 0 Å². The highest BCUT2D eigenvalue weighted by molar-refractivity contribution is 7.89. The molecule has 1 saturated heterocycles. The normalized spacial score (nSPS) is 23.0. The van der Waals surface area contributed by atoms with Gasteiger partial charge in [0, 0.05) is 6.42 Å². The number of hydrogen-bond donors (Lipinski definition) is 2. The van der Waals surface area contributed by atoms with Crippen LogP contribution in [0, 0.1) is 5.92 Å². The third kappa shape index (κ3) is 4.23. The van der Waals surface area contributed by atoms with Crippen molar-refractivity contribution in [2.24, 2.45) is 5.92 Å². The third-order valence-corrected chi connectivity index (χ3v) is 2.53. The lowest BCUT2D eigenvalue weighted by Gasteiger charge is -2.06. The van der Waals surface area contributed by atoms with Crippen molar-refractivity contribution in [2.75, 3.05) is 19.3 Å². The molecule has 0 radical (unpaired) electrons. The molecule has 1 rings (SSSR count). The third-order valence-electron chi connectivity index (χ3n) is 1.94. The van der Waals surface area contributed by atoms with Crippen molar-refractivity contribution in [3.05, 3.63) is 0 Å². The first-order valence-electron chi connectivity index (χ1n) is 4.19. The van der Waals surface area contributed by atoms with Gasteiger partial charge in [-0.2, -0.15) is 0 Å². The Bertz CT molecular complexity index is 280. The summed E-state index contributed by atoms with van der Waals surface area (Å²) in [6.07, 6.45) is 2.22. The Balaban J connectivity index is 2.33. The number of carbonyl (C=O) groups is 1. The molecule has 6 heteroatoms. The first-order valence-corrected chi connectivity index (χ1v) is 6.08. The van der Waals surface area contributed by atoms with Crippen molar-refractivity contribution in [3.63, 3.8) is 0 Å². The smallest absolute Gasteiger partial charge is 0.233 e. The van der Waals surface area contributed by atoms with Crippen LogP contribution in [0.15, 0.2) is 0 Å². The van der Waals surface area contributed by atoms with E-state index in [0.29, 0.717) is 6.42 Å². The second kappa shape index (κ2) is 4.06. The minimum Gasteiger partial charge on any atom is -0.316 e. The summed E-state index contributed by atoms with van der Waals surface area (Å²) in [5.74, 6) is -0.127. The number of rotatable bonds is 3. The summed E-state index contributed by atoms with van der Waals surface area (Å²) in [7, 11) is -3.38. The molecule has 0 aliphatic carbocycles. The molecule has 76 valence electrons. The van der Waals surface area contributed by atoms with Crippen LogP contribution in [0.5, 0.6) is 0 Å². The molecule has 1 amide bonds. The zero-order valence-corrected chi connectivity index (χ0v) is 8.36.